The van der Waals surface area contributed by atoms with Crippen LogP contribution in [0.3, 0.4) is 0 Å². The first-order chi connectivity index (χ1) is 6.22. The van der Waals surface area contributed by atoms with E-state index in [0.29, 0.717) is 16.0 Å². The minimum atomic E-state index is -0.319. The maximum absolute atomic E-state index is 13.2. The first kappa shape index (κ1) is 8.78. The summed E-state index contributed by atoms with van der Waals surface area (Å²) in [5.74, 6) is 0.135. The van der Waals surface area contributed by atoms with Gasteiger partial charge in [0.1, 0.15) is 11.6 Å². The second kappa shape index (κ2) is 3.16. The Balaban J connectivity index is 2.80. The van der Waals surface area contributed by atoms with Crippen molar-refractivity contribution in [1.29, 1.82) is 0 Å². The van der Waals surface area contributed by atoms with Gasteiger partial charge in [0.15, 0.2) is 0 Å². The largest absolute Gasteiger partial charge is 0.506 e. The number of halogens is 2. The Kier molecular flexibility index (Phi) is 2.14. The number of aromatic hydroxyl groups is 1. The molecule has 0 saturated heterocycles. The molecule has 68 valence electrons. The molecule has 0 atom stereocenters. The van der Waals surface area contributed by atoms with Crippen LogP contribution in [0.15, 0.2) is 18.2 Å². The topological polar surface area (TPSA) is 20.2 Å². The van der Waals surface area contributed by atoms with E-state index >= 15 is 0 Å². The fourth-order valence-electron chi connectivity index (χ4n) is 1.19. The molecule has 2 aromatic rings. The van der Waals surface area contributed by atoms with E-state index in [2.05, 4.69) is 0 Å². The van der Waals surface area contributed by atoms with Crippen LogP contribution in [-0.4, -0.2) is 5.11 Å². The average Bonchev–Trinajstić information content (AvgIpc) is 2.56. The second-order valence-electron chi connectivity index (χ2n) is 2.66. The Morgan fingerprint density at radius 1 is 1.46 bits per heavy atom. The third-order valence-corrected chi connectivity index (χ3v) is 3.40. The van der Waals surface area contributed by atoms with Crippen LogP contribution in [-0.2, 0) is 5.88 Å². The van der Waals surface area contributed by atoms with Crippen LogP contribution >= 0.6 is 22.9 Å². The van der Waals surface area contributed by atoms with Crippen molar-refractivity contribution in [1.82, 2.24) is 0 Å². The molecule has 0 saturated carbocycles. The molecule has 1 N–H and O–H groups in total. The molecule has 0 aliphatic rings. The zero-order valence-corrected chi connectivity index (χ0v) is 8.12. The van der Waals surface area contributed by atoms with Gasteiger partial charge in [-0.3, -0.25) is 0 Å². The van der Waals surface area contributed by atoms with Gasteiger partial charge in [0.25, 0.3) is 0 Å². The summed E-state index contributed by atoms with van der Waals surface area (Å²) >= 11 is 6.93. The molecule has 1 aromatic carbocycles. The van der Waals surface area contributed by atoms with E-state index in [-0.39, 0.29) is 11.6 Å². The van der Waals surface area contributed by atoms with Crippen molar-refractivity contribution < 1.29 is 9.50 Å². The summed E-state index contributed by atoms with van der Waals surface area (Å²) in [7, 11) is 0. The van der Waals surface area contributed by atoms with Crippen LogP contribution in [0, 0.1) is 5.82 Å². The molecule has 1 aromatic heterocycles. The lowest BCUT2D eigenvalue weighted by Gasteiger charge is -1.93. The number of hydrogen-bond donors (Lipinski definition) is 1. The quantitative estimate of drug-likeness (QED) is 0.724. The Morgan fingerprint density at radius 2 is 2.23 bits per heavy atom. The van der Waals surface area contributed by atoms with Crippen molar-refractivity contribution in [2.45, 2.75) is 5.88 Å². The van der Waals surface area contributed by atoms with Crippen LogP contribution in [0.25, 0.3) is 10.1 Å². The minimum absolute atomic E-state index is 0.109. The summed E-state index contributed by atoms with van der Waals surface area (Å²) in [5.41, 5.74) is 0. The average molecular weight is 217 g/mol. The smallest absolute Gasteiger partial charge is 0.133 e. The fraction of sp³-hybridized carbons (Fsp3) is 0.111. The summed E-state index contributed by atoms with van der Waals surface area (Å²) < 4.78 is 13.7. The van der Waals surface area contributed by atoms with Gasteiger partial charge in [0, 0.05) is 10.3 Å². The van der Waals surface area contributed by atoms with Gasteiger partial charge in [-0.05, 0) is 18.2 Å². The number of hydrogen-bond acceptors (Lipinski definition) is 2. The maximum atomic E-state index is 13.2. The van der Waals surface area contributed by atoms with E-state index in [4.69, 9.17) is 11.6 Å². The lowest BCUT2D eigenvalue weighted by atomic mass is 10.2. The van der Waals surface area contributed by atoms with E-state index in [1.807, 2.05) is 0 Å². The lowest BCUT2D eigenvalue weighted by Crippen LogP contribution is -1.73. The van der Waals surface area contributed by atoms with Gasteiger partial charge in [0.05, 0.1) is 10.6 Å². The summed E-state index contributed by atoms with van der Waals surface area (Å²) in [6.07, 6.45) is 0. The van der Waals surface area contributed by atoms with Crippen LogP contribution < -0.4 is 0 Å². The Bertz CT molecular complexity index is 413. The molecule has 0 spiro atoms. The van der Waals surface area contributed by atoms with Gasteiger partial charge in [-0.15, -0.1) is 22.9 Å². The third kappa shape index (κ3) is 1.38. The predicted octanol–water partition coefficient (Wildman–Crippen LogP) is 3.48. The summed E-state index contributed by atoms with van der Waals surface area (Å²) in [6.45, 7) is 0. The second-order valence-corrected chi connectivity index (χ2v) is 4.06. The highest BCUT2D eigenvalue weighted by atomic mass is 35.5. The monoisotopic (exact) mass is 216 g/mol. The SMILES string of the molecule is Oc1ccc(F)c2cc(CCl)sc12. The number of phenolic OH excluding ortho intramolecular Hbond substituents is 1. The molecule has 4 heteroatoms. The van der Waals surface area contributed by atoms with Gasteiger partial charge < -0.3 is 5.11 Å². The van der Waals surface area contributed by atoms with Crippen molar-refractivity contribution in [3.05, 3.63) is 28.9 Å². The van der Waals surface area contributed by atoms with E-state index < -0.39 is 0 Å². The number of alkyl halides is 1. The molecular weight excluding hydrogens is 211 g/mol. The van der Waals surface area contributed by atoms with Crippen LogP contribution in [0.1, 0.15) is 4.88 Å². The summed E-state index contributed by atoms with van der Waals surface area (Å²) in [5, 5.41) is 9.85. The normalized spacial score (nSPS) is 10.9. The first-order valence-electron chi connectivity index (χ1n) is 3.68. The molecule has 2 rings (SSSR count). The molecular formula is C9H6ClFOS. The molecule has 1 heterocycles. The van der Waals surface area contributed by atoms with Crippen LogP contribution in [0.5, 0.6) is 5.75 Å². The van der Waals surface area contributed by atoms with Gasteiger partial charge >= 0.3 is 0 Å². The Labute approximate surface area is 83.4 Å². The van der Waals surface area contributed by atoms with Crippen molar-refractivity contribution in [3.63, 3.8) is 0 Å². The van der Waals surface area contributed by atoms with Crippen molar-refractivity contribution >= 4 is 33.0 Å². The van der Waals surface area contributed by atoms with E-state index in [1.165, 1.54) is 23.5 Å². The highest BCUT2D eigenvalue weighted by molar-refractivity contribution is 7.19. The van der Waals surface area contributed by atoms with Crippen molar-refractivity contribution in [2.24, 2.45) is 0 Å². The molecule has 0 fully saturated rings. The summed E-state index contributed by atoms with van der Waals surface area (Å²) in [6, 6.07) is 4.27. The number of benzene rings is 1. The van der Waals surface area contributed by atoms with Gasteiger partial charge in [0.2, 0.25) is 0 Å². The molecule has 0 amide bonds. The summed E-state index contributed by atoms with van der Waals surface area (Å²) in [4.78, 5) is 0.858. The highest BCUT2D eigenvalue weighted by Crippen LogP contribution is 2.34. The van der Waals surface area contributed by atoms with E-state index in [0.717, 1.165) is 4.88 Å². The van der Waals surface area contributed by atoms with Crippen LogP contribution in [0.2, 0.25) is 0 Å². The number of fused-ring (bicyclic) bond motifs is 1. The Morgan fingerprint density at radius 3 is 2.85 bits per heavy atom. The zero-order valence-electron chi connectivity index (χ0n) is 6.55. The number of thiophene rings is 1. The van der Waals surface area contributed by atoms with Gasteiger partial charge in [-0.25, -0.2) is 4.39 Å². The van der Waals surface area contributed by atoms with Crippen molar-refractivity contribution in [3.8, 4) is 5.75 Å². The van der Waals surface area contributed by atoms with E-state index in [1.54, 1.807) is 6.07 Å². The molecule has 0 aliphatic heterocycles. The van der Waals surface area contributed by atoms with Crippen LogP contribution in [0.4, 0.5) is 4.39 Å². The molecule has 0 radical (unpaired) electrons. The van der Waals surface area contributed by atoms with Gasteiger partial charge in [-0.1, -0.05) is 0 Å². The molecule has 1 nitrogen and oxygen atoms in total. The third-order valence-electron chi connectivity index (χ3n) is 1.79. The minimum Gasteiger partial charge on any atom is -0.506 e. The highest BCUT2D eigenvalue weighted by Gasteiger charge is 2.09. The lowest BCUT2D eigenvalue weighted by molar-refractivity contribution is 0.481. The number of rotatable bonds is 1. The zero-order chi connectivity index (χ0) is 9.42. The van der Waals surface area contributed by atoms with Gasteiger partial charge in [-0.2, -0.15) is 0 Å². The number of phenols is 1. The molecule has 0 bridgehead atoms. The molecule has 0 aliphatic carbocycles. The predicted molar refractivity (Wildman–Crippen MR) is 53.0 cm³/mol. The molecule has 0 unspecified atom stereocenters. The first-order valence-corrected chi connectivity index (χ1v) is 5.03. The fourth-order valence-corrected chi connectivity index (χ4v) is 2.37. The molecule has 13 heavy (non-hydrogen) atoms. The Hall–Kier alpha value is -0.800. The van der Waals surface area contributed by atoms with E-state index in [9.17, 15) is 9.50 Å². The standard InChI is InChI=1S/C9H6ClFOS/c10-4-5-3-6-7(11)1-2-8(12)9(6)13-5/h1-3,12H,4H2. The maximum Gasteiger partial charge on any atom is 0.133 e. The van der Waals surface area contributed by atoms with Crippen molar-refractivity contribution in [2.75, 3.05) is 0 Å².